The molecule has 0 radical (unpaired) electrons. The number of unbranched alkanes of at least 4 members (excludes halogenated alkanes) is 30. The first-order chi connectivity index (χ1) is 28.0. The van der Waals surface area contributed by atoms with Gasteiger partial charge in [0.25, 0.3) is 0 Å². The molecule has 6 heteroatoms. The van der Waals surface area contributed by atoms with Gasteiger partial charge < -0.3 is 25.7 Å². The highest BCUT2D eigenvalue weighted by atomic mass is 16.3. The Kier molecular flexibility index (Phi) is 44.4. The summed E-state index contributed by atoms with van der Waals surface area (Å²) in [6.45, 7) is 3.94. The standard InChI is InChI=1S/C51H97NO5/c1-3-5-7-9-11-13-15-17-18-19-20-21-22-23-24-25-26-27-28-29-30-31-33-35-37-39-41-43-45-49(55)51(57)52-47(46-53)50(56)48(54)44-42-40-38-36-34-32-16-14-12-10-8-6-4-2/h6,8,14,16,36,38,47-50,53-56H,3-5,7,9-13,15,17-35,37,39-46H2,1-2H3,(H,52,57)/b8-6+,16-14+,38-36+. The van der Waals surface area contributed by atoms with Gasteiger partial charge in [-0.05, 0) is 57.8 Å². The third-order valence-corrected chi connectivity index (χ3v) is 11.6. The summed E-state index contributed by atoms with van der Waals surface area (Å²) in [6, 6.07) is -1.01. The number of carbonyl (C=O) groups is 1. The summed E-state index contributed by atoms with van der Waals surface area (Å²) in [6.07, 6.45) is 55.0. The van der Waals surface area contributed by atoms with Crippen molar-refractivity contribution in [3.8, 4) is 0 Å². The van der Waals surface area contributed by atoms with Crippen molar-refractivity contribution >= 4 is 5.91 Å². The molecule has 6 nitrogen and oxygen atoms in total. The lowest BCUT2D eigenvalue weighted by atomic mass is 10.00. The molecule has 0 aliphatic heterocycles. The molecule has 336 valence electrons. The summed E-state index contributed by atoms with van der Waals surface area (Å²) in [7, 11) is 0. The number of aliphatic hydroxyl groups is 4. The quantitative estimate of drug-likeness (QED) is 0.0311. The van der Waals surface area contributed by atoms with Gasteiger partial charge in [-0.15, -0.1) is 0 Å². The minimum absolute atomic E-state index is 0.362. The minimum atomic E-state index is -1.29. The van der Waals surface area contributed by atoms with Crippen LogP contribution < -0.4 is 5.32 Å². The molecule has 0 saturated carbocycles. The van der Waals surface area contributed by atoms with Gasteiger partial charge in [-0.3, -0.25) is 4.79 Å². The molecule has 57 heavy (non-hydrogen) atoms. The van der Waals surface area contributed by atoms with Crippen molar-refractivity contribution in [1.29, 1.82) is 0 Å². The van der Waals surface area contributed by atoms with E-state index < -0.39 is 36.9 Å². The van der Waals surface area contributed by atoms with Crippen LogP contribution in [0.1, 0.15) is 251 Å². The predicted octanol–water partition coefficient (Wildman–Crippen LogP) is 13.7. The summed E-state index contributed by atoms with van der Waals surface area (Å²) < 4.78 is 0. The number of nitrogens with one attached hydrogen (secondary N) is 1. The van der Waals surface area contributed by atoms with Gasteiger partial charge in [0.2, 0.25) is 5.91 Å². The molecule has 0 aromatic carbocycles. The first kappa shape index (κ1) is 55.5. The number of aliphatic hydroxyl groups excluding tert-OH is 4. The summed E-state index contributed by atoms with van der Waals surface area (Å²) in [5, 5.41) is 43.7. The third-order valence-electron chi connectivity index (χ3n) is 11.6. The zero-order valence-corrected chi connectivity index (χ0v) is 37.8. The average Bonchev–Trinajstić information content (AvgIpc) is 3.22. The van der Waals surface area contributed by atoms with Crippen molar-refractivity contribution < 1.29 is 25.2 Å². The topological polar surface area (TPSA) is 110 Å². The lowest BCUT2D eigenvalue weighted by molar-refractivity contribution is -0.132. The van der Waals surface area contributed by atoms with E-state index in [1.165, 1.54) is 161 Å². The summed E-state index contributed by atoms with van der Waals surface area (Å²) >= 11 is 0. The number of hydrogen-bond donors (Lipinski definition) is 5. The second-order valence-corrected chi connectivity index (χ2v) is 17.1. The highest BCUT2D eigenvalue weighted by molar-refractivity contribution is 5.80. The van der Waals surface area contributed by atoms with Crippen molar-refractivity contribution in [2.75, 3.05) is 6.61 Å². The van der Waals surface area contributed by atoms with Crippen molar-refractivity contribution in [2.24, 2.45) is 0 Å². The van der Waals surface area contributed by atoms with Crippen LogP contribution in [-0.2, 0) is 4.79 Å². The Bertz CT molecular complexity index is 904. The van der Waals surface area contributed by atoms with E-state index >= 15 is 0 Å². The third kappa shape index (κ3) is 39.7. The van der Waals surface area contributed by atoms with E-state index in [0.717, 1.165) is 57.8 Å². The fourth-order valence-electron chi connectivity index (χ4n) is 7.68. The fourth-order valence-corrected chi connectivity index (χ4v) is 7.68. The van der Waals surface area contributed by atoms with Crippen molar-refractivity contribution in [3.63, 3.8) is 0 Å². The highest BCUT2D eigenvalue weighted by Gasteiger charge is 2.28. The molecular formula is C51H97NO5. The average molecular weight is 804 g/mol. The predicted molar refractivity (Wildman–Crippen MR) is 247 cm³/mol. The van der Waals surface area contributed by atoms with Gasteiger partial charge in [-0.25, -0.2) is 0 Å². The Morgan fingerprint density at radius 2 is 0.772 bits per heavy atom. The van der Waals surface area contributed by atoms with Crippen LogP contribution in [-0.4, -0.2) is 57.3 Å². The zero-order valence-electron chi connectivity index (χ0n) is 37.8. The van der Waals surface area contributed by atoms with Crippen molar-refractivity contribution in [1.82, 2.24) is 5.32 Å². The Labute approximate surface area is 354 Å². The van der Waals surface area contributed by atoms with Gasteiger partial charge in [-0.1, -0.05) is 230 Å². The summed E-state index contributed by atoms with van der Waals surface area (Å²) in [5.74, 6) is -0.597. The molecule has 0 aromatic rings. The Morgan fingerprint density at radius 1 is 0.439 bits per heavy atom. The first-order valence-electron chi connectivity index (χ1n) is 24.9. The minimum Gasteiger partial charge on any atom is -0.394 e. The van der Waals surface area contributed by atoms with Crippen LogP contribution in [0.5, 0.6) is 0 Å². The van der Waals surface area contributed by atoms with Gasteiger partial charge in [0.05, 0.1) is 18.8 Å². The van der Waals surface area contributed by atoms with E-state index in [4.69, 9.17) is 0 Å². The molecule has 0 aliphatic rings. The van der Waals surface area contributed by atoms with Crippen LogP contribution >= 0.6 is 0 Å². The van der Waals surface area contributed by atoms with Crippen molar-refractivity contribution in [3.05, 3.63) is 36.5 Å². The Morgan fingerprint density at radius 3 is 1.12 bits per heavy atom. The molecule has 0 heterocycles. The number of carbonyl (C=O) groups excluding carboxylic acids is 1. The van der Waals surface area contributed by atoms with Gasteiger partial charge in [0.1, 0.15) is 12.2 Å². The maximum atomic E-state index is 12.5. The van der Waals surface area contributed by atoms with Gasteiger partial charge >= 0.3 is 0 Å². The number of hydrogen-bond acceptors (Lipinski definition) is 5. The number of allylic oxidation sites excluding steroid dienone is 6. The van der Waals surface area contributed by atoms with Crippen LogP contribution in [0.4, 0.5) is 0 Å². The normalized spacial score (nSPS) is 14.3. The molecule has 0 saturated heterocycles. The molecule has 0 rings (SSSR count). The fraction of sp³-hybridized carbons (Fsp3) is 0.863. The van der Waals surface area contributed by atoms with E-state index in [1.54, 1.807) is 0 Å². The molecule has 0 fully saturated rings. The smallest absolute Gasteiger partial charge is 0.249 e. The van der Waals surface area contributed by atoms with E-state index in [9.17, 15) is 25.2 Å². The lowest BCUT2D eigenvalue weighted by Crippen LogP contribution is -2.53. The molecule has 1 amide bonds. The molecule has 0 spiro atoms. The summed E-state index contributed by atoms with van der Waals surface area (Å²) in [4.78, 5) is 12.5. The maximum absolute atomic E-state index is 12.5. The van der Waals surface area contributed by atoms with Crippen LogP contribution in [0, 0.1) is 0 Å². The largest absolute Gasteiger partial charge is 0.394 e. The first-order valence-corrected chi connectivity index (χ1v) is 24.9. The summed E-state index contributed by atoms with van der Waals surface area (Å²) in [5.41, 5.74) is 0. The monoisotopic (exact) mass is 804 g/mol. The molecule has 4 unspecified atom stereocenters. The lowest BCUT2D eigenvalue weighted by Gasteiger charge is -2.27. The zero-order chi connectivity index (χ0) is 41.7. The highest BCUT2D eigenvalue weighted by Crippen LogP contribution is 2.17. The molecular weight excluding hydrogens is 707 g/mol. The van der Waals surface area contributed by atoms with Crippen LogP contribution in [0.2, 0.25) is 0 Å². The van der Waals surface area contributed by atoms with Crippen LogP contribution in [0.3, 0.4) is 0 Å². The number of rotatable bonds is 45. The molecule has 0 aromatic heterocycles. The number of amides is 1. The van der Waals surface area contributed by atoms with E-state index in [2.05, 4.69) is 55.6 Å². The molecule has 5 N–H and O–H groups in total. The maximum Gasteiger partial charge on any atom is 0.249 e. The van der Waals surface area contributed by atoms with Gasteiger partial charge in [-0.2, -0.15) is 0 Å². The van der Waals surface area contributed by atoms with E-state index in [-0.39, 0.29) is 0 Å². The second-order valence-electron chi connectivity index (χ2n) is 17.1. The molecule has 0 aliphatic carbocycles. The van der Waals surface area contributed by atoms with Gasteiger partial charge in [0, 0.05) is 0 Å². The van der Waals surface area contributed by atoms with Gasteiger partial charge in [0.15, 0.2) is 0 Å². The molecule has 0 bridgehead atoms. The van der Waals surface area contributed by atoms with E-state index in [0.29, 0.717) is 19.3 Å². The Hall–Kier alpha value is -1.47. The SMILES string of the molecule is CC/C=C/CC/C=C/CC/C=C/CCCC(O)C(O)C(CO)NC(=O)C(O)CCCCCCCCCCCCCCCCCCCCCCCCCCCCCC. The van der Waals surface area contributed by atoms with Crippen molar-refractivity contribution in [2.45, 2.75) is 276 Å². The second kappa shape index (κ2) is 45.6. The molecule has 4 atom stereocenters. The van der Waals surface area contributed by atoms with E-state index in [1.807, 2.05) is 0 Å². The Balaban J connectivity index is 3.62. The van der Waals surface area contributed by atoms with Crippen LogP contribution in [0.15, 0.2) is 36.5 Å². The van der Waals surface area contributed by atoms with Crippen LogP contribution in [0.25, 0.3) is 0 Å².